The SMILES string of the molecule is N#Cc1cc(F)cc(C(=O)N2CCc3c(nc(-c4cccnc4)[nH]c3=O)C2)c1. The topological polar surface area (TPSA) is 103 Å². The molecule has 0 spiro atoms. The van der Waals surface area contributed by atoms with Gasteiger partial charge in [0.1, 0.15) is 11.6 Å². The normalized spacial score (nSPS) is 12.9. The first-order valence-corrected chi connectivity index (χ1v) is 8.57. The average Bonchev–Trinajstić information content (AvgIpc) is 2.72. The van der Waals surface area contributed by atoms with Crippen molar-refractivity contribution in [3.05, 3.63) is 81.3 Å². The summed E-state index contributed by atoms with van der Waals surface area (Å²) < 4.78 is 13.7. The van der Waals surface area contributed by atoms with Gasteiger partial charge in [-0.15, -0.1) is 0 Å². The smallest absolute Gasteiger partial charge is 0.254 e. The van der Waals surface area contributed by atoms with Crippen LogP contribution in [0.2, 0.25) is 0 Å². The third kappa shape index (κ3) is 3.25. The molecule has 4 rings (SSSR count). The Balaban J connectivity index is 1.67. The molecule has 0 bridgehead atoms. The first kappa shape index (κ1) is 17.5. The predicted molar refractivity (Wildman–Crippen MR) is 97.6 cm³/mol. The van der Waals surface area contributed by atoms with Crippen LogP contribution in [0.3, 0.4) is 0 Å². The molecule has 0 aliphatic carbocycles. The lowest BCUT2D eigenvalue weighted by molar-refractivity contribution is 0.0731. The van der Waals surface area contributed by atoms with Gasteiger partial charge in [-0.3, -0.25) is 14.6 Å². The number of amides is 1. The molecule has 0 saturated carbocycles. The molecule has 1 aliphatic rings. The van der Waals surface area contributed by atoms with Crippen molar-refractivity contribution in [1.82, 2.24) is 19.9 Å². The minimum Gasteiger partial charge on any atom is -0.332 e. The largest absolute Gasteiger partial charge is 0.332 e. The van der Waals surface area contributed by atoms with Gasteiger partial charge < -0.3 is 9.88 Å². The molecule has 3 heterocycles. The molecular weight excluding hydrogens is 361 g/mol. The molecule has 3 aromatic rings. The Morgan fingerprint density at radius 2 is 2.18 bits per heavy atom. The molecule has 0 atom stereocenters. The number of fused-ring (bicyclic) bond motifs is 1. The zero-order valence-electron chi connectivity index (χ0n) is 14.6. The van der Waals surface area contributed by atoms with Crippen LogP contribution in [-0.4, -0.2) is 32.3 Å². The minimum atomic E-state index is -0.645. The van der Waals surface area contributed by atoms with Crippen molar-refractivity contribution < 1.29 is 9.18 Å². The Morgan fingerprint density at radius 1 is 1.32 bits per heavy atom. The van der Waals surface area contributed by atoms with E-state index >= 15 is 0 Å². The fourth-order valence-electron chi connectivity index (χ4n) is 3.21. The van der Waals surface area contributed by atoms with Crippen LogP contribution in [0.25, 0.3) is 11.4 Å². The van der Waals surface area contributed by atoms with E-state index < -0.39 is 11.7 Å². The van der Waals surface area contributed by atoms with Crippen LogP contribution in [0.4, 0.5) is 4.39 Å². The van der Waals surface area contributed by atoms with Crippen LogP contribution in [-0.2, 0) is 13.0 Å². The maximum Gasteiger partial charge on any atom is 0.254 e. The second-order valence-electron chi connectivity index (χ2n) is 6.40. The van der Waals surface area contributed by atoms with Gasteiger partial charge in [-0.1, -0.05) is 0 Å². The lowest BCUT2D eigenvalue weighted by Crippen LogP contribution is -2.39. The van der Waals surface area contributed by atoms with Gasteiger partial charge in [0.05, 0.1) is 23.9 Å². The van der Waals surface area contributed by atoms with Gasteiger partial charge in [0.2, 0.25) is 0 Å². The lowest BCUT2D eigenvalue weighted by Gasteiger charge is -2.28. The quantitative estimate of drug-likeness (QED) is 0.738. The number of benzene rings is 1. The zero-order chi connectivity index (χ0) is 19.7. The first-order chi connectivity index (χ1) is 13.5. The molecule has 7 nitrogen and oxygen atoms in total. The number of hydrogen-bond acceptors (Lipinski definition) is 5. The number of aromatic nitrogens is 3. The van der Waals surface area contributed by atoms with E-state index in [-0.39, 0.29) is 23.2 Å². The maximum atomic E-state index is 13.7. The van der Waals surface area contributed by atoms with Crippen LogP contribution < -0.4 is 5.56 Å². The summed E-state index contributed by atoms with van der Waals surface area (Å²) in [6, 6.07) is 8.88. The van der Waals surface area contributed by atoms with Gasteiger partial charge in [0, 0.05) is 35.6 Å². The number of H-pyrrole nitrogens is 1. The molecule has 0 unspecified atom stereocenters. The number of aromatic amines is 1. The third-order valence-electron chi connectivity index (χ3n) is 4.57. The molecule has 1 aromatic carbocycles. The second kappa shape index (κ2) is 7.04. The summed E-state index contributed by atoms with van der Waals surface area (Å²) in [5.74, 6) is -0.677. The number of nitrogens with one attached hydrogen (secondary N) is 1. The van der Waals surface area contributed by atoms with Crippen molar-refractivity contribution in [2.75, 3.05) is 6.54 Å². The van der Waals surface area contributed by atoms with Crippen molar-refractivity contribution in [2.24, 2.45) is 0 Å². The highest BCUT2D eigenvalue weighted by molar-refractivity contribution is 5.94. The molecule has 1 aliphatic heterocycles. The van der Waals surface area contributed by atoms with Gasteiger partial charge in [-0.25, -0.2) is 9.37 Å². The number of nitrogens with zero attached hydrogens (tertiary/aromatic N) is 4. The molecule has 1 amide bonds. The second-order valence-corrected chi connectivity index (χ2v) is 6.40. The molecule has 1 N–H and O–H groups in total. The fourth-order valence-corrected chi connectivity index (χ4v) is 3.21. The lowest BCUT2D eigenvalue weighted by atomic mass is 10.0. The Morgan fingerprint density at radius 3 is 2.93 bits per heavy atom. The summed E-state index contributed by atoms with van der Waals surface area (Å²) in [5, 5.41) is 8.98. The van der Waals surface area contributed by atoms with Crippen molar-refractivity contribution >= 4 is 5.91 Å². The van der Waals surface area contributed by atoms with E-state index in [0.29, 0.717) is 35.6 Å². The molecule has 28 heavy (non-hydrogen) atoms. The molecule has 8 heteroatoms. The number of rotatable bonds is 2. The molecule has 138 valence electrons. The van der Waals surface area contributed by atoms with E-state index in [2.05, 4.69) is 15.0 Å². The summed E-state index contributed by atoms with van der Waals surface area (Å²) in [6.07, 6.45) is 3.55. The van der Waals surface area contributed by atoms with Gasteiger partial charge in [-0.2, -0.15) is 5.26 Å². The van der Waals surface area contributed by atoms with Crippen LogP contribution in [0.5, 0.6) is 0 Å². The molecule has 0 fully saturated rings. The molecule has 2 aromatic heterocycles. The average molecular weight is 375 g/mol. The van der Waals surface area contributed by atoms with E-state index in [1.165, 1.54) is 11.0 Å². The monoisotopic (exact) mass is 375 g/mol. The van der Waals surface area contributed by atoms with Crippen molar-refractivity contribution in [3.63, 3.8) is 0 Å². The van der Waals surface area contributed by atoms with E-state index in [1.54, 1.807) is 24.5 Å². The summed E-state index contributed by atoms with van der Waals surface area (Å²) in [7, 11) is 0. The highest BCUT2D eigenvalue weighted by atomic mass is 19.1. The van der Waals surface area contributed by atoms with E-state index in [0.717, 1.165) is 12.1 Å². The molecular formula is C20H14FN5O2. The van der Waals surface area contributed by atoms with Gasteiger partial charge in [-0.05, 0) is 36.8 Å². The Kier molecular flexibility index (Phi) is 4.41. The third-order valence-corrected chi connectivity index (χ3v) is 4.57. The van der Waals surface area contributed by atoms with Gasteiger partial charge in [0.25, 0.3) is 11.5 Å². The van der Waals surface area contributed by atoms with Crippen LogP contribution in [0.15, 0.2) is 47.5 Å². The summed E-state index contributed by atoms with van der Waals surface area (Å²) in [4.78, 5) is 38.0. The van der Waals surface area contributed by atoms with Crippen molar-refractivity contribution in [1.29, 1.82) is 5.26 Å². The predicted octanol–water partition coefficient (Wildman–Crippen LogP) is 2.04. The van der Waals surface area contributed by atoms with Gasteiger partial charge in [0.15, 0.2) is 0 Å². The summed E-state index contributed by atoms with van der Waals surface area (Å²) >= 11 is 0. The first-order valence-electron chi connectivity index (χ1n) is 8.57. The highest BCUT2D eigenvalue weighted by Gasteiger charge is 2.26. The van der Waals surface area contributed by atoms with Crippen LogP contribution in [0.1, 0.15) is 27.2 Å². The maximum absolute atomic E-state index is 13.7. The van der Waals surface area contributed by atoms with Crippen molar-refractivity contribution in [3.8, 4) is 17.5 Å². The Bertz CT molecular complexity index is 1170. The van der Waals surface area contributed by atoms with Gasteiger partial charge >= 0.3 is 0 Å². The van der Waals surface area contributed by atoms with Crippen molar-refractivity contribution in [2.45, 2.75) is 13.0 Å². The number of carbonyl (C=O) groups is 1. The molecule has 0 radical (unpaired) electrons. The summed E-state index contributed by atoms with van der Waals surface area (Å²) in [6.45, 7) is 0.435. The number of halogens is 1. The fraction of sp³-hybridized carbons (Fsp3) is 0.150. The standard InChI is InChI=1S/C20H14FN5O2/c21-15-7-12(9-22)6-14(8-15)20(28)26-5-3-16-17(11-26)24-18(25-19(16)27)13-2-1-4-23-10-13/h1-2,4,6-8,10H,3,5,11H2,(H,24,25,27). The number of hydrogen-bond donors (Lipinski definition) is 1. The van der Waals surface area contributed by atoms with E-state index in [4.69, 9.17) is 5.26 Å². The van der Waals surface area contributed by atoms with Crippen LogP contribution >= 0.6 is 0 Å². The Labute approximate surface area is 159 Å². The van der Waals surface area contributed by atoms with Crippen LogP contribution in [0, 0.1) is 17.1 Å². The Hall–Kier alpha value is -3.86. The zero-order valence-corrected chi connectivity index (χ0v) is 14.6. The number of pyridine rings is 1. The number of carbonyl (C=O) groups excluding carboxylic acids is 1. The number of nitriles is 1. The highest BCUT2D eigenvalue weighted by Crippen LogP contribution is 2.20. The van der Waals surface area contributed by atoms with E-state index in [9.17, 15) is 14.0 Å². The summed E-state index contributed by atoms with van der Waals surface area (Å²) in [5.41, 5.74) is 1.63. The van der Waals surface area contributed by atoms with E-state index in [1.807, 2.05) is 6.07 Å². The molecule has 0 saturated heterocycles. The minimum absolute atomic E-state index is 0.0780.